The Balaban J connectivity index is 2.05. The van der Waals surface area contributed by atoms with Crippen molar-refractivity contribution in [3.8, 4) is 0 Å². The van der Waals surface area contributed by atoms with Crippen molar-refractivity contribution in [1.29, 1.82) is 0 Å². The van der Waals surface area contributed by atoms with Crippen LogP contribution in [0, 0.1) is 18.7 Å². The van der Waals surface area contributed by atoms with E-state index in [0.717, 1.165) is 19.0 Å². The Kier molecular flexibility index (Phi) is 5.71. The van der Waals surface area contributed by atoms with Crippen LogP contribution in [0.4, 0.5) is 16.0 Å². The number of hydrogen-bond acceptors (Lipinski definition) is 5. The number of anilines is 2. The van der Waals surface area contributed by atoms with Gasteiger partial charge in [-0.15, -0.1) is 10.2 Å². The second-order valence-corrected chi connectivity index (χ2v) is 7.61. The van der Waals surface area contributed by atoms with Gasteiger partial charge in [-0.05, 0) is 55.2 Å². The first kappa shape index (κ1) is 18.1. The second-order valence-electron chi connectivity index (χ2n) is 5.93. The fourth-order valence-corrected chi connectivity index (χ4v) is 3.03. The molecule has 0 radical (unpaired) electrons. The molecule has 8 heteroatoms. The molecule has 0 spiro atoms. The Labute approximate surface area is 141 Å². The number of nitrogens with one attached hydrogen (secondary N) is 2. The van der Waals surface area contributed by atoms with Crippen LogP contribution in [-0.2, 0) is 10.0 Å². The average Bonchev–Trinajstić information content (AvgIpc) is 2.51. The molecule has 2 rings (SSSR count). The Hall–Kier alpha value is -2.22. The molecule has 0 amide bonds. The van der Waals surface area contributed by atoms with Gasteiger partial charge < -0.3 is 5.32 Å². The zero-order valence-electron chi connectivity index (χ0n) is 13.9. The molecule has 0 aliphatic rings. The van der Waals surface area contributed by atoms with Gasteiger partial charge in [0.1, 0.15) is 11.6 Å². The molecule has 1 aromatic heterocycles. The number of aromatic nitrogens is 2. The molecule has 24 heavy (non-hydrogen) atoms. The first-order valence-corrected chi connectivity index (χ1v) is 9.13. The first-order chi connectivity index (χ1) is 11.3. The summed E-state index contributed by atoms with van der Waals surface area (Å²) in [7, 11) is -3.83. The van der Waals surface area contributed by atoms with Crippen molar-refractivity contribution in [1.82, 2.24) is 10.2 Å². The lowest BCUT2D eigenvalue weighted by Gasteiger charge is -2.09. The lowest BCUT2D eigenvalue weighted by Crippen LogP contribution is -2.15. The summed E-state index contributed by atoms with van der Waals surface area (Å²) in [5.41, 5.74) is 0.258. The van der Waals surface area contributed by atoms with Crippen molar-refractivity contribution in [2.45, 2.75) is 32.1 Å². The number of halogens is 1. The van der Waals surface area contributed by atoms with Gasteiger partial charge in [0.15, 0.2) is 5.82 Å². The highest BCUT2D eigenvalue weighted by molar-refractivity contribution is 7.92. The zero-order chi connectivity index (χ0) is 17.7. The number of benzene rings is 1. The van der Waals surface area contributed by atoms with E-state index in [1.165, 1.54) is 25.1 Å². The zero-order valence-corrected chi connectivity index (χ0v) is 14.7. The monoisotopic (exact) mass is 352 g/mol. The molecule has 1 heterocycles. The largest absolute Gasteiger partial charge is 0.369 e. The van der Waals surface area contributed by atoms with Gasteiger partial charge in [0.25, 0.3) is 10.0 Å². The second kappa shape index (κ2) is 7.57. The quantitative estimate of drug-likeness (QED) is 0.799. The molecule has 1 aromatic carbocycles. The molecule has 0 aliphatic heterocycles. The molecule has 0 saturated carbocycles. The molecule has 6 nitrogen and oxygen atoms in total. The van der Waals surface area contributed by atoms with Gasteiger partial charge in [0.2, 0.25) is 0 Å². The molecule has 2 aromatic rings. The van der Waals surface area contributed by atoms with Crippen molar-refractivity contribution in [3.63, 3.8) is 0 Å². The maximum Gasteiger partial charge on any atom is 0.263 e. The summed E-state index contributed by atoms with van der Waals surface area (Å²) in [5.74, 6) is 0.809. The summed E-state index contributed by atoms with van der Waals surface area (Å²) >= 11 is 0. The van der Waals surface area contributed by atoms with Crippen LogP contribution in [0.25, 0.3) is 0 Å². The van der Waals surface area contributed by atoms with Crippen molar-refractivity contribution in [2.24, 2.45) is 5.92 Å². The number of rotatable bonds is 7. The van der Waals surface area contributed by atoms with Crippen molar-refractivity contribution in [3.05, 3.63) is 41.7 Å². The minimum atomic E-state index is -3.83. The maximum atomic E-state index is 13.3. The molecule has 130 valence electrons. The molecule has 0 fully saturated rings. The summed E-state index contributed by atoms with van der Waals surface area (Å²) in [6.07, 6.45) is 1.000. The highest BCUT2D eigenvalue weighted by atomic mass is 32.2. The normalized spacial score (nSPS) is 11.5. The van der Waals surface area contributed by atoms with E-state index < -0.39 is 15.8 Å². The Morgan fingerprint density at radius 2 is 1.79 bits per heavy atom. The molecule has 0 bridgehead atoms. The van der Waals surface area contributed by atoms with E-state index in [1.807, 2.05) is 0 Å². The topological polar surface area (TPSA) is 84.0 Å². The summed E-state index contributed by atoms with van der Waals surface area (Å²) in [6.45, 7) is 6.53. The van der Waals surface area contributed by atoms with Crippen LogP contribution in [0.5, 0.6) is 0 Å². The van der Waals surface area contributed by atoms with Crippen LogP contribution in [0.15, 0.2) is 35.2 Å². The third-order valence-corrected chi connectivity index (χ3v) is 4.72. The SMILES string of the molecule is Cc1cc(S(=O)(=O)Nc2ccc(NCCC(C)C)nn2)ccc1F. The third-order valence-electron chi connectivity index (χ3n) is 3.37. The van der Waals surface area contributed by atoms with Crippen LogP contribution >= 0.6 is 0 Å². The summed E-state index contributed by atoms with van der Waals surface area (Å²) in [5, 5.41) is 10.9. The van der Waals surface area contributed by atoms with E-state index in [-0.39, 0.29) is 16.3 Å². The molecule has 2 N–H and O–H groups in total. The smallest absolute Gasteiger partial charge is 0.263 e. The summed E-state index contributed by atoms with van der Waals surface area (Å²) in [6, 6.07) is 6.78. The first-order valence-electron chi connectivity index (χ1n) is 7.64. The molecule has 0 saturated heterocycles. The number of hydrogen-bond donors (Lipinski definition) is 2. The van der Waals surface area contributed by atoms with Gasteiger partial charge in [0.05, 0.1) is 4.90 Å². The van der Waals surface area contributed by atoms with Crippen molar-refractivity contribution < 1.29 is 12.8 Å². The van der Waals surface area contributed by atoms with Crippen LogP contribution in [0.3, 0.4) is 0 Å². The highest BCUT2D eigenvalue weighted by Gasteiger charge is 2.16. The van der Waals surface area contributed by atoms with E-state index in [4.69, 9.17) is 0 Å². The van der Waals surface area contributed by atoms with Gasteiger partial charge in [0, 0.05) is 6.54 Å². The van der Waals surface area contributed by atoms with Gasteiger partial charge >= 0.3 is 0 Å². The lowest BCUT2D eigenvalue weighted by atomic mass is 10.1. The molecular weight excluding hydrogens is 331 g/mol. The number of nitrogens with zero attached hydrogens (tertiary/aromatic N) is 2. The van der Waals surface area contributed by atoms with Gasteiger partial charge in [-0.25, -0.2) is 12.8 Å². The Bertz CT molecular complexity index is 792. The number of aryl methyl sites for hydroxylation is 1. The number of sulfonamides is 1. The summed E-state index contributed by atoms with van der Waals surface area (Å²) in [4.78, 5) is -0.0256. The van der Waals surface area contributed by atoms with E-state index in [9.17, 15) is 12.8 Å². The Morgan fingerprint density at radius 1 is 1.12 bits per heavy atom. The van der Waals surface area contributed by atoms with Crippen molar-refractivity contribution >= 4 is 21.7 Å². The van der Waals surface area contributed by atoms with Crippen LogP contribution in [0.1, 0.15) is 25.8 Å². The van der Waals surface area contributed by atoms with E-state index in [1.54, 1.807) is 6.07 Å². The highest BCUT2D eigenvalue weighted by Crippen LogP contribution is 2.17. The minimum absolute atomic E-state index is 0.0256. The fraction of sp³-hybridized carbons (Fsp3) is 0.375. The van der Waals surface area contributed by atoms with Crippen molar-refractivity contribution in [2.75, 3.05) is 16.6 Å². The maximum absolute atomic E-state index is 13.3. The van der Waals surface area contributed by atoms with Crippen LogP contribution in [0.2, 0.25) is 0 Å². The third kappa shape index (κ3) is 4.89. The Morgan fingerprint density at radius 3 is 2.38 bits per heavy atom. The van der Waals surface area contributed by atoms with E-state index >= 15 is 0 Å². The predicted molar refractivity (Wildman–Crippen MR) is 91.9 cm³/mol. The van der Waals surface area contributed by atoms with Crippen LogP contribution < -0.4 is 10.0 Å². The molecule has 0 aliphatic carbocycles. The average molecular weight is 352 g/mol. The molecule has 0 unspecified atom stereocenters. The van der Waals surface area contributed by atoms with E-state index in [2.05, 4.69) is 34.1 Å². The summed E-state index contributed by atoms with van der Waals surface area (Å²) < 4.78 is 40.2. The van der Waals surface area contributed by atoms with Gasteiger partial charge in [-0.2, -0.15) is 0 Å². The van der Waals surface area contributed by atoms with Crippen LogP contribution in [-0.4, -0.2) is 25.2 Å². The molecule has 0 atom stereocenters. The molecular formula is C16H21FN4O2S. The fourth-order valence-electron chi connectivity index (χ4n) is 1.95. The van der Waals surface area contributed by atoms with E-state index in [0.29, 0.717) is 11.7 Å². The predicted octanol–water partition coefficient (Wildman–Crippen LogP) is 3.18. The van der Waals surface area contributed by atoms with Gasteiger partial charge in [-0.1, -0.05) is 13.8 Å². The van der Waals surface area contributed by atoms with Gasteiger partial charge in [-0.3, -0.25) is 4.72 Å². The minimum Gasteiger partial charge on any atom is -0.369 e. The lowest BCUT2D eigenvalue weighted by molar-refractivity contribution is 0.598. The standard InChI is InChI=1S/C16H21FN4O2S/c1-11(2)8-9-18-15-6-7-16(20-19-15)21-24(22,23)13-4-5-14(17)12(3)10-13/h4-7,10-11H,8-9H2,1-3H3,(H,18,19)(H,20,21).